The third kappa shape index (κ3) is 3.63. The molecule has 5 rings (SSSR count). The molecule has 174 valence electrons. The van der Waals surface area contributed by atoms with Crippen LogP contribution in [0.5, 0.6) is 5.75 Å². The SMILES string of the molecule is COCCN(C)C1CC2(n3cc(-c4cnc(N)c(OC(F)(F)F)c4)nc3C3CC3)CCC12. The first-order valence-corrected chi connectivity index (χ1v) is 11.0. The maximum absolute atomic E-state index is 12.7. The van der Waals surface area contributed by atoms with Gasteiger partial charge in [0.15, 0.2) is 11.6 Å². The second-order valence-electron chi connectivity index (χ2n) is 9.28. The molecule has 7 nitrogen and oxygen atoms in total. The van der Waals surface area contributed by atoms with Crippen molar-refractivity contribution in [1.82, 2.24) is 19.4 Å². The number of rotatable bonds is 8. The zero-order chi connectivity index (χ0) is 22.7. The van der Waals surface area contributed by atoms with Crippen LogP contribution in [0.4, 0.5) is 19.0 Å². The summed E-state index contributed by atoms with van der Waals surface area (Å²) in [6.07, 6.45) is 4.14. The average Bonchev–Trinajstić information content (AvgIpc) is 3.47. The number of likely N-dealkylation sites (N-methyl/N-ethyl adjacent to an activating group) is 1. The Morgan fingerprint density at radius 1 is 1.31 bits per heavy atom. The minimum absolute atomic E-state index is 0.0573. The molecular formula is C22H28F3N5O2. The first kappa shape index (κ1) is 21.5. The van der Waals surface area contributed by atoms with Crippen molar-refractivity contribution in [2.24, 2.45) is 5.92 Å². The minimum Gasteiger partial charge on any atom is -0.402 e. The summed E-state index contributed by atoms with van der Waals surface area (Å²) in [6.45, 7) is 1.61. The molecule has 3 aliphatic carbocycles. The van der Waals surface area contributed by atoms with Gasteiger partial charge in [-0.1, -0.05) is 0 Å². The van der Waals surface area contributed by atoms with Gasteiger partial charge in [-0.05, 0) is 51.1 Å². The third-order valence-corrected chi connectivity index (χ3v) is 7.38. The molecule has 3 fully saturated rings. The van der Waals surface area contributed by atoms with Gasteiger partial charge in [0.2, 0.25) is 0 Å². The van der Waals surface area contributed by atoms with Gasteiger partial charge in [-0.25, -0.2) is 9.97 Å². The van der Waals surface area contributed by atoms with E-state index in [1.54, 1.807) is 7.11 Å². The van der Waals surface area contributed by atoms with Crippen LogP contribution in [0.2, 0.25) is 0 Å². The molecule has 32 heavy (non-hydrogen) atoms. The maximum Gasteiger partial charge on any atom is 0.573 e. The highest BCUT2D eigenvalue weighted by molar-refractivity contribution is 5.64. The molecule has 2 aromatic rings. The van der Waals surface area contributed by atoms with E-state index in [1.807, 2.05) is 6.20 Å². The van der Waals surface area contributed by atoms with E-state index in [0.717, 1.165) is 38.1 Å². The number of hydrogen-bond donors (Lipinski definition) is 1. The molecule has 0 saturated heterocycles. The minimum atomic E-state index is -4.83. The quantitative estimate of drug-likeness (QED) is 0.659. The summed E-state index contributed by atoms with van der Waals surface area (Å²) < 4.78 is 49.8. The van der Waals surface area contributed by atoms with Crippen molar-refractivity contribution in [3.8, 4) is 17.0 Å². The van der Waals surface area contributed by atoms with Crippen molar-refractivity contribution in [1.29, 1.82) is 0 Å². The second kappa shape index (κ2) is 7.62. The number of hydrogen-bond acceptors (Lipinski definition) is 6. The fraction of sp³-hybridized carbons (Fsp3) is 0.636. The Morgan fingerprint density at radius 3 is 2.69 bits per heavy atom. The monoisotopic (exact) mass is 451 g/mol. The number of imidazole rings is 1. The van der Waals surface area contributed by atoms with Gasteiger partial charge >= 0.3 is 6.36 Å². The summed E-state index contributed by atoms with van der Waals surface area (Å²) in [7, 11) is 3.86. The molecule has 3 aliphatic rings. The Hall–Kier alpha value is -2.33. The molecule has 0 amide bonds. The lowest BCUT2D eigenvalue weighted by Crippen LogP contribution is -2.69. The first-order valence-electron chi connectivity index (χ1n) is 11.0. The number of fused-ring (bicyclic) bond motifs is 1. The third-order valence-electron chi connectivity index (χ3n) is 7.38. The van der Waals surface area contributed by atoms with E-state index in [4.69, 9.17) is 15.5 Å². The topological polar surface area (TPSA) is 78.4 Å². The van der Waals surface area contributed by atoms with E-state index >= 15 is 0 Å². The zero-order valence-corrected chi connectivity index (χ0v) is 18.2. The lowest BCUT2D eigenvalue weighted by molar-refractivity contribution is -0.274. The number of methoxy groups -OCH3 is 1. The summed E-state index contributed by atoms with van der Waals surface area (Å²) >= 11 is 0. The van der Waals surface area contributed by atoms with Gasteiger partial charge in [0.1, 0.15) is 5.82 Å². The second-order valence-corrected chi connectivity index (χ2v) is 9.28. The summed E-state index contributed by atoms with van der Waals surface area (Å²) in [6, 6.07) is 1.79. The molecule has 3 atom stereocenters. The van der Waals surface area contributed by atoms with Crippen LogP contribution >= 0.6 is 0 Å². The lowest BCUT2D eigenvalue weighted by atomic mass is 9.49. The van der Waals surface area contributed by atoms with Gasteiger partial charge in [0.25, 0.3) is 0 Å². The number of pyridine rings is 1. The van der Waals surface area contributed by atoms with Crippen LogP contribution in [-0.2, 0) is 10.3 Å². The Morgan fingerprint density at radius 2 is 2.09 bits per heavy atom. The van der Waals surface area contributed by atoms with E-state index in [0.29, 0.717) is 35.7 Å². The number of aromatic nitrogens is 3. The smallest absolute Gasteiger partial charge is 0.402 e. The van der Waals surface area contributed by atoms with Crippen molar-refractivity contribution in [3.63, 3.8) is 0 Å². The Balaban J connectivity index is 1.43. The predicted molar refractivity (Wildman–Crippen MR) is 112 cm³/mol. The molecule has 3 saturated carbocycles. The normalized spacial score (nSPS) is 27.1. The van der Waals surface area contributed by atoms with Crippen molar-refractivity contribution < 1.29 is 22.6 Å². The van der Waals surface area contributed by atoms with E-state index in [-0.39, 0.29) is 11.4 Å². The number of nitrogens with two attached hydrogens (primary N) is 1. The fourth-order valence-corrected chi connectivity index (χ4v) is 5.38. The molecule has 2 N–H and O–H groups in total. The van der Waals surface area contributed by atoms with E-state index < -0.39 is 12.1 Å². The summed E-state index contributed by atoms with van der Waals surface area (Å²) in [4.78, 5) is 11.2. The predicted octanol–water partition coefficient (Wildman–Crippen LogP) is 3.76. The van der Waals surface area contributed by atoms with Crippen LogP contribution in [0.1, 0.15) is 43.8 Å². The zero-order valence-electron chi connectivity index (χ0n) is 18.2. The van der Waals surface area contributed by atoms with Crippen molar-refractivity contribution in [3.05, 3.63) is 24.3 Å². The van der Waals surface area contributed by atoms with Crippen molar-refractivity contribution >= 4 is 5.82 Å². The van der Waals surface area contributed by atoms with Gasteiger partial charge in [0.05, 0.1) is 17.8 Å². The van der Waals surface area contributed by atoms with Gasteiger partial charge in [0, 0.05) is 43.6 Å². The molecule has 0 bridgehead atoms. The highest BCUT2D eigenvalue weighted by atomic mass is 19.4. The lowest BCUT2D eigenvalue weighted by Gasteiger charge is -2.66. The van der Waals surface area contributed by atoms with Gasteiger partial charge < -0.3 is 24.7 Å². The standard InChI is InChI=1S/C22H28F3N5O2/c1-29(7-8-31-2)17-10-21(6-5-15(17)21)30-12-16(28-20(30)13-3-4-13)14-9-18(19(26)27-11-14)32-22(23,24)25/h9,11-13,15,17H,3-8,10H2,1-2H3,(H2,26,27). The molecule has 0 aromatic carbocycles. The van der Waals surface area contributed by atoms with Crippen molar-refractivity contribution in [2.45, 2.75) is 56.0 Å². The highest BCUT2D eigenvalue weighted by Gasteiger charge is 2.62. The summed E-state index contributed by atoms with van der Waals surface area (Å²) in [5.41, 5.74) is 6.74. The maximum atomic E-state index is 12.7. The molecule has 2 aromatic heterocycles. The van der Waals surface area contributed by atoms with Crippen molar-refractivity contribution in [2.75, 3.05) is 33.0 Å². The highest BCUT2D eigenvalue weighted by Crippen LogP contribution is 2.62. The first-order chi connectivity index (χ1) is 15.2. The van der Waals surface area contributed by atoms with Crippen LogP contribution in [0.3, 0.4) is 0 Å². The number of nitrogen functional groups attached to an aromatic ring is 1. The molecule has 0 spiro atoms. The van der Waals surface area contributed by atoms with Gasteiger partial charge in [-0.2, -0.15) is 0 Å². The van der Waals surface area contributed by atoms with Gasteiger partial charge in [-0.15, -0.1) is 13.2 Å². The number of nitrogens with zero attached hydrogens (tertiary/aromatic N) is 4. The molecule has 10 heteroatoms. The Kier molecular flexibility index (Phi) is 5.12. The molecule has 2 heterocycles. The average molecular weight is 451 g/mol. The largest absolute Gasteiger partial charge is 0.573 e. The van der Waals surface area contributed by atoms with E-state index in [1.165, 1.54) is 18.7 Å². The summed E-state index contributed by atoms with van der Waals surface area (Å²) in [5, 5.41) is 0. The number of alkyl halides is 3. The van der Waals surface area contributed by atoms with Crippen LogP contribution in [-0.4, -0.2) is 59.1 Å². The fourth-order valence-electron chi connectivity index (χ4n) is 5.38. The molecule has 3 unspecified atom stereocenters. The van der Waals surface area contributed by atoms with Crippen LogP contribution in [0.25, 0.3) is 11.3 Å². The number of ether oxygens (including phenoxy) is 2. The van der Waals surface area contributed by atoms with Crippen LogP contribution < -0.4 is 10.5 Å². The van der Waals surface area contributed by atoms with Crippen LogP contribution in [0.15, 0.2) is 18.5 Å². The number of anilines is 1. The van der Waals surface area contributed by atoms with Gasteiger partial charge in [-0.3, -0.25) is 0 Å². The molecule has 0 aliphatic heterocycles. The summed E-state index contributed by atoms with van der Waals surface area (Å²) in [5.74, 6) is 1.21. The number of halogens is 3. The van der Waals surface area contributed by atoms with E-state index in [9.17, 15) is 13.2 Å². The Labute approximate surface area is 184 Å². The molecule has 0 radical (unpaired) electrons. The van der Waals surface area contributed by atoms with E-state index in [2.05, 4.69) is 26.2 Å². The van der Waals surface area contributed by atoms with Crippen LogP contribution in [0, 0.1) is 5.92 Å². The molecular weight excluding hydrogens is 423 g/mol. The Bertz CT molecular complexity index is 1010.